The van der Waals surface area contributed by atoms with Crippen LogP contribution in [-0.2, 0) is 6.42 Å². The van der Waals surface area contributed by atoms with E-state index in [1.54, 1.807) is 16.5 Å². The minimum absolute atomic E-state index is 0.268. The molecule has 2 rings (SSSR count). The lowest BCUT2D eigenvalue weighted by molar-refractivity contribution is 0.0688. The van der Waals surface area contributed by atoms with Crippen molar-refractivity contribution in [2.45, 2.75) is 20.3 Å². The lowest BCUT2D eigenvalue weighted by Gasteiger charge is -2.03. The Hall–Kier alpha value is -1.84. The predicted molar refractivity (Wildman–Crippen MR) is 56.3 cm³/mol. The Balaban J connectivity index is 2.88. The molecular formula is C11H12N2O2. The molecule has 0 unspecified atom stereocenters. The van der Waals surface area contributed by atoms with Crippen molar-refractivity contribution in [1.29, 1.82) is 0 Å². The zero-order valence-corrected chi connectivity index (χ0v) is 8.69. The Labute approximate surface area is 87.2 Å². The summed E-state index contributed by atoms with van der Waals surface area (Å²) in [5.41, 5.74) is 2.01. The molecule has 0 bridgehead atoms. The largest absolute Gasteiger partial charge is 0.477 e. The summed E-state index contributed by atoms with van der Waals surface area (Å²) in [6.45, 7) is 3.85. The monoisotopic (exact) mass is 204 g/mol. The van der Waals surface area contributed by atoms with Gasteiger partial charge in [-0.15, -0.1) is 0 Å². The van der Waals surface area contributed by atoms with E-state index in [0.29, 0.717) is 0 Å². The van der Waals surface area contributed by atoms with Gasteiger partial charge in [-0.05, 0) is 19.1 Å². The van der Waals surface area contributed by atoms with Crippen molar-refractivity contribution >= 4 is 11.5 Å². The number of aromatic nitrogens is 2. The number of fused-ring (bicyclic) bond motifs is 1. The molecule has 0 atom stereocenters. The van der Waals surface area contributed by atoms with E-state index in [-0.39, 0.29) is 5.69 Å². The molecule has 0 saturated heterocycles. The molecule has 15 heavy (non-hydrogen) atoms. The zero-order chi connectivity index (χ0) is 11.0. The molecule has 0 aliphatic carbocycles. The van der Waals surface area contributed by atoms with Crippen molar-refractivity contribution in [2.75, 3.05) is 0 Å². The van der Waals surface area contributed by atoms with Gasteiger partial charge in [0.25, 0.3) is 0 Å². The van der Waals surface area contributed by atoms with E-state index in [0.717, 1.165) is 23.5 Å². The number of hydrogen-bond donors (Lipinski definition) is 1. The Bertz CT molecular complexity index is 529. The Morgan fingerprint density at radius 1 is 1.53 bits per heavy atom. The molecule has 4 heteroatoms. The van der Waals surface area contributed by atoms with Crippen LogP contribution in [0.5, 0.6) is 0 Å². The van der Waals surface area contributed by atoms with Gasteiger partial charge in [-0.1, -0.05) is 13.0 Å². The highest BCUT2D eigenvalue weighted by atomic mass is 16.4. The second-order valence-corrected chi connectivity index (χ2v) is 3.40. The summed E-state index contributed by atoms with van der Waals surface area (Å²) in [7, 11) is 0. The number of aryl methyl sites for hydroxylation is 2. The van der Waals surface area contributed by atoms with Gasteiger partial charge in [0.15, 0.2) is 0 Å². The van der Waals surface area contributed by atoms with Crippen LogP contribution in [0.25, 0.3) is 5.52 Å². The summed E-state index contributed by atoms with van der Waals surface area (Å²) in [6, 6.07) is 5.22. The molecule has 78 valence electrons. The minimum atomic E-state index is -0.923. The molecule has 0 aliphatic heterocycles. The van der Waals surface area contributed by atoms with E-state index in [1.165, 1.54) is 0 Å². The Morgan fingerprint density at radius 2 is 2.27 bits per heavy atom. The van der Waals surface area contributed by atoms with Crippen molar-refractivity contribution in [3.63, 3.8) is 0 Å². The lowest BCUT2D eigenvalue weighted by atomic mass is 10.3. The molecule has 0 amide bonds. The van der Waals surface area contributed by atoms with Gasteiger partial charge < -0.3 is 5.11 Å². The molecule has 0 spiro atoms. The quantitative estimate of drug-likeness (QED) is 0.812. The average molecular weight is 204 g/mol. The normalized spacial score (nSPS) is 10.8. The van der Waals surface area contributed by atoms with Crippen LogP contribution in [0.4, 0.5) is 0 Å². The highest BCUT2D eigenvalue weighted by Crippen LogP contribution is 2.15. The molecule has 4 nitrogen and oxygen atoms in total. The van der Waals surface area contributed by atoms with Crippen LogP contribution in [-0.4, -0.2) is 20.5 Å². The summed E-state index contributed by atoms with van der Waals surface area (Å²) >= 11 is 0. The average Bonchev–Trinajstić information content (AvgIpc) is 2.55. The Morgan fingerprint density at radius 3 is 2.87 bits per heavy atom. The molecule has 1 N–H and O–H groups in total. The number of aromatic carboxylic acids is 1. The molecule has 2 heterocycles. The number of hydrogen-bond acceptors (Lipinski definition) is 2. The van der Waals surface area contributed by atoms with Crippen molar-refractivity contribution in [3.05, 3.63) is 35.4 Å². The van der Waals surface area contributed by atoms with Gasteiger partial charge in [0, 0.05) is 6.42 Å². The molecule has 0 saturated carbocycles. The standard InChI is InChI=1S/C11H12N2O2/c1-3-10-12-7(2)8-5-4-6-9(11(14)15)13(8)10/h4-6H,3H2,1-2H3,(H,14,15). The molecule has 2 aromatic rings. The smallest absolute Gasteiger partial charge is 0.352 e. The first-order valence-corrected chi connectivity index (χ1v) is 4.85. The number of imidazole rings is 1. The van der Waals surface area contributed by atoms with Gasteiger partial charge in [-0.2, -0.15) is 0 Å². The van der Waals surface area contributed by atoms with Gasteiger partial charge in [0.2, 0.25) is 0 Å². The van der Waals surface area contributed by atoms with Crippen LogP contribution in [0.15, 0.2) is 18.2 Å². The number of carboxylic acid groups (broad SMARTS) is 1. The summed E-state index contributed by atoms with van der Waals surface area (Å²) < 4.78 is 1.71. The van der Waals surface area contributed by atoms with Gasteiger partial charge in [0.1, 0.15) is 11.5 Å². The topological polar surface area (TPSA) is 54.6 Å². The number of rotatable bonds is 2. The number of carboxylic acids is 1. The summed E-state index contributed by atoms with van der Waals surface area (Å²) in [5.74, 6) is -0.131. The van der Waals surface area contributed by atoms with Gasteiger partial charge in [-0.3, -0.25) is 4.40 Å². The lowest BCUT2D eigenvalue weighted by Crippen LogP contribution is -2.07. The molecular weight excluding hydrogens is 192 g/mol. The Kier molecular flexibility index (Phi) is 2.19. The second kappa shape index (κ2) is 3.38. The maximum absolute atomic E-state index is 11.0. The second-order valence-electron chi connectivity index (χ2n) is 3.40. The molecule has 0 fully saturated rings. The van der Waals surface area contributed by atoms with Crippen LogP contribution in [0.2, 0.25) is 0 Å². The number of carbonyl (C=O) groups is 1. The third-order valence-electron chi connectivity index (χ3n) is 2.45. The minimum Gasteiger partial charge on any atom is -0.477 e. The van der Waals surface area contributed by atoms with Crippen molar-refractivity contribution < 1.29 is 9.90 Å². The summed E-state index contributed by atoms with van der Waals surface area (Å²) in [5, 5.41) is 9.06. The maximum Gasteiger partial charge on any atom is 0.352 e. The third kappa shape index (κ3) is 1.38. The fraction of sp³-hybridized carbons (Fsp3) is 0.273. The summed E-state index contributed by atoms with van der Waals surface area (Å²) in [4.78, 5) is 15.4. The highest BCUT2D eigenvalue weighted by Gasteiger charge is 2.13. The van der Waals surface area contributed by atoms with Gasteiger partial charge in [0.05, 0.1) is 11.2 Å². The number of nitrogens with zero attached hydrogens (tertiary/aromatic N) is 2. The van der Waals surface area contributed by atoms with Crippen molar-refractivity contribution in [2.24, 2.45) is 0 Å². The van der Waals surface area contributed by atoms with E-state index in [9.17, 15) is 4.79 Å². The van der Waals surface area contributed by atoms with Crippen LogP contribution in [0.1, 0.15) is 28.9 Å². The fourth-order valence-electron chi connectivity index (χ4n) is 1.77. The highest BCUT2D eigenvalue weighted by molar-refractivity contribution is 5.87. The predicted octanol–water partition coefficient (Wildman–Crippen LogP) is 1.90. The van der Waals surface area contributed by atoms with Crippen molar-refractivity contribution in [1.82, 2.24) is 9.38 Å². The number of pyridine rings is 1. The summed E-state index contributed by atoms with van der Waals surface area (Å²) in [6.07, 6.45) is 0.722. The zero-order valence-electron chi connectivity index (χ0n) is 8.69. The molecule has 0 radical (unpaired) electrons. The molecule has 2 aromatic heterocycles. The van der Waals surface area contributed by atoms with Crippen LogP contribution in [0.3, 0.4) is 0 Å². The van der Waals surface area contributed by atoms with E-state index in [2.05, 4.69) is 4.98 Å². The van der Waals surface area contributed by atoms with E-state index in [1.807, 2.05) is 19.9 Å². The van der Waals surface area contributed by atoms with Crippen LogP contribution < -0.4 is 0 Å². The fourth-order valence-corrected chi connectivity index (χ4v) is 1.77. The first-order chi connectivity index (χ1) is 7.15. The molecule has 0 aliphatic rings. The maximum atomic E-state index is 11.0. The van der Waals surface area contributed by atoms with E-state index >= 15 is 0 Å². The van der Waals surface area contributed by atoms with Gasteiger partial charge in [-0.25, -0.2) is 9.78 Å². The SMILES string of the molecule is CCc1nc(C)c2cccc(C(=O)O)n12. The molecule has 0 aromatic carbocycles. The van der Waals surface area contributed by atoms with E-state index in [4.69, 9.17) is 5.11 Å². The third-order valence-corrected chi connectivity index (χ3v) is 2.45. The first kappa shape index (κ1) is 9.71. The van der Waals surface area contributed by atoms with Crippen molar-refractivity contribution in [3.8, 4) is 0 Å². The van der Waals surface area contributed by atoms with Gasteiger partial charge >= 0.3 is 5.97 Å². The van der Waals surface area contributed by atoms with Crippen LogP contribution >= 0.6 is 0 Å². The first-order valence-electron chi connectivity index (χ1n) is 4.85. The van der Waals surface area contributed by atoms with E-state index < -0.39 is 5.97 Å². The van der Waals surface area contributed by atoms with Crippen LogP contribution in [0, 0.1) is 6.92 Å².